The predicted molar refractivity (Wildman–Crippen MR) is 57.3 cm³/mol. The number of likely N-dealkylation sites (tertiary alicyclic amines) is 1. The van der Waals surface area contributed by atoms with Gasteiger partial charge in [-0.2, -0.15) is 0 Å². The molecule has 1 atom stereocenters. The van der Waals surface area contributed by atoms with Gasteiger partial charge in [-0.25, -0.2) is 4.79 Å². The molecule has 17 heavy (non-hydrogen) atoms. The lowest BCUT2D eigenvalue weighted by atomic mass is 9.93. The van der Waals surface area contributed by atoms with Gasteiger partial charge in [0, 0.05) is 26.8 Å². The summed E-state index contributed by atoms with van der Waals surface area (Å²) in [5.41, 5.74) is -0.0962. The largest absolute Gasteiger partial charge is 0.481 e. The number of allylic oxidation sites excluding steroid dienone is 1. The molecule has 1 amide bonds. The quantitative estimate of drug-likeness (QED) is 0.524. The Morgan fingerprint density at radius 3 is 2.41 bits per heavy atom. The molecule has 1 aliphatic rings. The van der Waals surface area contributed by atoms with Gasteiger partial charge in [-0.3, -0.25) is 14.5 Å². The molecule has 1 saturated heterocycles. The van der Waals surface area contributed by atoms with Crippen molar-refractivity contribution in [2.24, 2.45) is 5.92 Å². The Labute approximate surface area is 97.9 Å². The van der Waals surface area contributed by atoms with Crippen LogP contribution in [0, 0.1) is 5.92 Å². The lowest BCUT2D eigenvalue weighted by molar-refractivity contribution is -0.147. The topological polar surface area (TPSA) is 98.2 Å². The van der Waals surface area contributed by atoms with E-state index in [1.54, 1.807) is 14.1 Å². The Hall–Kier alpha value is -2.05. The minimum Gasteiger partial charge on any atom is -0.481 e. The van der Waals surface area contributed by atoms with Crippen molar-refractivity contribution in [1.29, 1.82) is 0 Å². The standard InChI is InChI=1S/C10H14N2O5/c1-11(2)5-7-8(13)6(9(14)15)3-4-12(7)10(16)17/h5-6H,3-4H2,1-2H3,(H,14,15)(H,16,17). The van der Waals surface area contributed by atoms with Gasteiger partial charge in [0.1, 0.15) is 11.6 Å². The molecule has 0 aromatic heterocycles. The van der Waals surface area contributed by atoms with Crippen LogP contribution in [0.2, 0.25) is 0 Å². The third-order valence-electron chi connectivity index (χ3n) is 2.41. The van der Waals surface area contributed by atoms with Crippen LogP contribution >= 0.6 is 0 Å². The second-order valence-electron chi connectivity index (χ2n) is 3.96. The number of amides is 1. The van der Waals surface area contributed by atoms with Crippen molar-refractivity contribution in [3.05, 3.63) is 11.9 Å². The molecule has 0 bridgehead atoms. The second-order valence-corrected chi connectivity index (χ2v) is 3.96. The molecule has 7 heteroatoms. The van der Waals surface area contributed by atoms with Crippen molar-refractivity contribution in [3.63, 3.8) is 0 Å². The maximum atomic E-state index is 11.8. The SMILES string of the molecule is CN(C)C=C1C(=O)C(C(=O)O)CCN1C(=O)O. The van der Waals surface area contributed by atoms with Gasteiger partial charge in [-0.15, -0.1) is 0 Å². The van der Waals surface area contributed by atoms with Crippen LogP contribution in [-0.2, 0) is 9.59 Å². The Morgan fingerprint density at radius 2 is 2.00 bits per heavy atom. The van der Waals surface area contributed by atoms with Crippen LogP contribution in [0.4, 0.5) is 4.79 Å². The van der Waals surface area contributed by atoms with Crippen LogP contribution in [0.3, 0.4) is 0 Å². The fraction of sp³-hybridized carbons (Fsp3) is 0.500. The summed E-state index contributed by atoms with van der Waals surface area (Å²) in [4.78, 5) is 36.0. The molecule has 1 unspecified atom stereocenters. The number of hydrogen-bond donors (Lipinski definition) is 2. The zero-order valence-corrected chi connectivity index (χ0v) is 9.58. The maximum absolute atomic E-state index is 11.8. The van der Waals surface area contributed by atoms with Gasteiger partial charge in [0.2, 0.25) is 0 Å². The van der Waals surface area contributed by atoms with Crippen LogP contribution in [0.1, 0.15) is 6.42 Å². The van der Waals surface area contributed by atoms with E-state index in [0.29, 0.717) is 0 Å². The number of hydrogen-bond acceptors (Lipinski definition) is 4. The number of Topliss-reactive ketones (excluding diaryl/α,β-unsaturated/α-hetero) is 1. The van der Waals surface area contributed by atoms with E-state index in [4.69, 9.17) is 10.2 Å². The minimum atomic E-state index is -1.25. The number of ketones is 1. The van der Waals surface area contributed by atoms with E-state index >= 15 is 0 Å². The Balaban J connectivity index is 3.08. The number of rotatable bonds is 2. The lowest BCUT2D eigenvalue weighted by Crippen LogP contribution is -2.44. The van der Waals surface area contributed by atoms with Crippen LogP contribution in [-0.4, -0.2) is 58.5 Å². The number of carbonyl (C=O) groups excluding carboxylic acids is 1. The highest BCUT2D eigenvalue weighted by Gasteiger charge is 2.38. The van der Waals surface area contributed by atoms with Gasteiger partial charge in [0.25, 0.3) is 0 Å². The molecule has 2 N–H and O–H groups in total. The Bertz CT molecular complexity index is 388. The van der Waals surface area contributed by atoms with E-state index < -0.39 is 23.8 Å². The normalized spacial score (nSPS) is 22.7. The first kappa shape index (κ1) is 13.0. The van der Waals surface area contributed by atoms with Crippen molar-refractivity contribution >= 4 is 17.8 Å². The molecule has 7 nitrogen and oxygen atoms in total. The van der Waals surface area contributed by atoms with Gasteiger partial charge in [-0.1, -0.05) is 0 Å². The second kappa shape index (κ2) is 4.86. The summed E-state index contributed by atoms with van der Waals surface area (Å²) >= 11 is 0. The fourth-order valence-corrected chi connectivity index (χ4v) is 1.63. The van der Waals surface area contributed by atoms with E-state index in [-0.39, 0.29) is 18.7 Å². The molecule has 0 aromatic carbocycles. The van der Waals surface area contributed by atoms with Crippen molar-refractivity contribution < 1.29 is 24.6 Å². The van der Waals surface area contributed by atoms with Gasteiger partial charge in [-0.05, 0) is 6.42 Å². The number of aliphatic carboxylic acids is 1. The summed E-state index contributed by atoms with van der Waals surface area (Å²) in [5.74, 6) is -3.04. The van der Waals surface area contributed by atoms with Crippen molar-refractivity contribution in [2.75, 3.05) is 20.6 Å². The number of carbonyl (C=O) groups is 3. The van der Waals surface area contributed by atoms with Gasteiger partial charge < -0.3 is 15.1 Å². The fourth-order valence-electron chi connectivity index (χ4n) is 1.63. The molecular formula is C10H14N2O5. The van der Waals surface area contributed by atoms with E-state index in [9.17, 15) is 14.4 Å². The summed E-state index contributed by atoms with van der Waals surface area (Å²) < 4.78 is 0. The molecule has 0 spiro atoms. The first-order chi connectivity index (χ1) is 7.84. The summed E-state index contributed by atoms with van der Waals surface area (Å²) in [6, 6.07) is 0. The van der Waals surface area contributed by atoms with E-state index in [2.05, 4.69) is 0 Å². The third kappa shape index (κ3) is 2.74. The van der Waals surface area contributed by atoms with Gasteiger partial charge in [0.05, 0.1) is 0 Å². The van der Waals surface area contributed by atoms with Crippen LogP contribution in [0.15, 0.2) is 11.9 Å². The first-order valence-electron chi connectivity index (χ1n) is 5.00. The van der Waals surface area contributed by atoms with Crippen LogP contribution in [0.5, 0.6) is 0 Å². The third-order valence-corrected chi connectivity index (χ3v) is 2.41. The molecule has 0 aliphatic carbocycles. The smallest absolute Gasteiger partial charge is 0.411 e. The lowest BCUT2D eigenvalue weighted by Gasteiger charge is -2.30. The summed E-state index contributed by atoms with van der Waals surface area (Å²) in [6.45, 7) is 0.0116. The number of carboxylic acid groups (broad SMARTS) is 2. The number of piperidine rings is 1. The molecule has 0 saturated carbocycles. The van der Waals surface area contributed by atoms with Gasteiger partial charge in [0.15, 0.2) is 5.78 Å². The number of nitrogens with zero attached hydrogens (tertiary/aromatic N) is 2. The van der Waals surface area contributed by atoms with E-state index in [0.717, 1.165) is 4.90 Å². The maximum Gasteiger partial charge on any atom is 0.411 e. The molecular weight excluding hydrogens is 228 g/mol. The zero-order valence-electron chi connectivity index (χ0n) is 9.58. The van der Waals surface area contributed by atoms with Crippen molar-refractivity contribution in [2.45, 2.75) is 6.42 Å². The first-order valence-corrected chi connectivity index (χ1v) is 5.00. The Morgan fingerprint density at radius 1 is 1.41 bits per heavy atom. The highest BCUT2D eigenvalue weighted by atomic mass is 16.4. The average Bonchev–Trinajstić information content (AvgIpc) is 2.19. The summed E-state index contributed by atoms with van der Waals surface area (Å²) in [5, 5.41) is 17.8. The highest BCUT2D eigenvalue weighted by Crippen LogP contribution is 2.23. The number of carboxylic acids is 1. The monoisotopic (exact) mass is 242 g/mol. The minimum absolute atomic E-state index is 0.00519. The molecule has 1 aliphatic heterocycles. The van der Waals surface area contributed by atoms with E-state index in [1.165, 1.54) is 11.1 Å². The van der Waals surface area contributed by atoms with E-state index in [1.807, 2.05) is 0 Å². The molecule has 1 rings (SSSR count). The summed E-state index contributed by atoms with van der Waals surface area (Å²) in [6.07, 6.45) is 0.0758. The zero-order chi connectivity index (χ0) is 13.2. The average molecular weight is 242 g/mol. The van der Waals surface area contributed by atoms with Gasteiger partial charge >= 0.3 is 12.1 Å². The highest BCUT2D eigenvalue weighted by molar-refractivity contribution is 6.09. The van der Waals surface area contributed by atoms with Crippen LogP contribution in [0.25, 0.3) is 0 Å². The van der Waals surface area contributed by atoms with Crippen LogP contribution < -0.4 is 0 Å². The Kier molecular flexibility index (Phi) is 3.72. The summed E-state index contributed by atoms with van der Waals surface area (Å²) in [7, 11) is 3.26. The molecule has 0 radical (unpaired) electrons. The molecule has 1 heterocycles. The molecule has 94 valence electrons. The molecule has 1 fully saturated rings. The molecule has 0 aromatic rings. The van der Waals surface area contributed by atoms with Crippen molar-refractivity contribution in [1.82, 2.24) is 9.80 Å². The predicted octanol–water partition coefficient (Wildman–Crippen LogP) is 0.0430. The van der Waals surface area contributed by atoms with Crippen molar-refractivity contribution in [3.8, 4) is 0 Å².